The number of carbonyl (C=O) groups excluding carboxylic acids is 2. The summed E-state index contributed by atoms with van der Waals surface area (Å²) in [5.74, 6) is -0.112. The first-order chi connectivity index (χ1) is 8.65. The van der Waals surface area contributed by atoms with Gasteiger partial charge in [0.25, 0.3) is 0 Å². The molecule has 1 N–H and O–H groups in total. The second-order valence-corrected chi connectivity index (χ2v) is 4.74. The predicted molar refractivity (Wildman–Crippen MR) is 69.1 cm³/mol. The summed E-state index contributed by atoms with van der Waals surface area (Å²) in [6.45, 7) is 4.06. The molecule has 1 unspecified atom stereocenters. The summed E-state index contributed by atoms with van der Waals surface area (Å²) in [6.07, 6.45) is 4.93. The number of esters is 1. The highest BCUT2D eigenvalue weighted by atomic mass is 16.5. The van der Waals surface area contributed by atoms with Gasteiger partial charge in [0.05, 0.1) is 19.6 Å². The Hall–Kier alpha value is -1.10. The largest absolute Gasteiger partial charge is 0.469 e. The van der Waals surface area contributed by atoms with Crippen LogP contribution in [0.15, 0.2) is 0 Å². The first-order valence-electron chi connectivity index (χ1n) is 6.74. The minimum atomic E-state index is -0.253. The maximum absolute atomic E-state index is 12.1. The summed E-state index contributed by atoms with van der Waals surface area (Å²) in [7, 11) is 1.37. The van der Waals surface area contributed by atoms with Gasteiger partial charge in [0, 0.05) is 19.6 Å². The van der Waals surface area contributed by atoms with Crippen LogP contribution in [0, 0.1) is 0 Å². The average Bonchev–Trinajstić information content (AvgIpc) is 2.66. The summed E-state index contributed by atoms with van der Waals surface area (Å²) in [5, 5.41) is 3.07. The van der Waals surface area contributed by atoms with E-state index in [-0.39, 0.29) is 17.9 Å². The molecule has 0 aromatic heterocycles. The van der Waals surface area contributed by atoms with Crippen LogP contribution in [0.1, 0.15) is 39.0 Å². The van der Waals surface area contributed by atoms with E-state index in [0.717, 1.165) is 25.9 Å². The van der Waals surface area contributed by atoms with Crippen LogP contribution < -0.4 is 5.32 Å². The number of hydrogen-bond donors (Lipinski definition) is 1. The Morgan fingerprint density at radius 3 is 2.39 bits per heavy atom. The van der Waals surface area contributed by atoms with E-state index >= 15 is 0 Å². The number of carbonyl (C=O) groups is 2. The topological polar surface area (TPSA) is 58.6 Å². The number of likely N-dealkylation sites (tertiary alicyclic amines) is 1. The number of hydrogen-bond acceptors (Lipinski definition) is 4. The van der Waals surface area contributed by atoms with Crippen LogP contribution in [0.2, 0.25) is 0 Å². The summed E-state index contributed by atoms with van der Waals surface area (Å²) in [4.78, 5) is 25.0. The molecule has 1 heterocycles. The summed E-state index contributed by atoms with van der Waals surface area (Å²) in [5.41, 5.74) is 0. The van der Waals surface area contributed by atoms with E-state index in [0.29, 0.717) is 13.0 Å². The molecule has 0 spiro atoms. The Balaban J connectivity index is 2.28. The van der Waals surface area contributed by atoms with Gasteiger partial charge in [-0.3, -0.25) is 9.59 Å². The van der Waals surface area contributed by atoms with E-state index < -0.39 is 0 Å². The monoisotopic (exact) mass is 256 g/mol. The molecule has 0 saturated carbocycles. The van der Waals surface area contributed by atoms with Crippen LogP contribution in [0.4, 0.5) is 0 Å². The van der Waals surface area contributed by atoms with Gasteiger partial charge in [0.2, 0.25) is 5.91 Å². The molecule has 0 radical (unpaired) electrons. The third-order valence-electron chi connectivity index (χ3n) is 3.30. The lowest BCUT2D eigenvalue weighted by Gasteiger charge is -2.24. The Morgan fingerprint density at radius 2 is 1.83 bits per heavy atom. The van der Waals surface area contributed by atoms with Gasteiger partial charge in [0.1, 0.15) is 0 Å². The van der Waals surface area contributed by atoms with E-state index in [2.05, 4.69) is 10.1 Å². The number of ether oxygens (including phenoxy) is 1. The molecule has 104 valence electrons. The maximum Gasteiger partial charge on any atom is 0.306 e. The number of amides is 1. The third kappa shape index (κ3) is 5.04. The van der Waals surface area contributed by atoms with E-state index in [1.54, 1.807) is 0 Å². The molecule has 1 fully saturated rings. The SMILES string of the molecule is COC(=O)CCNC(C)C(=O)N1CCCCCC1. The molecule has 0 aromatic carbocycles. The van der Waals surface area contributed by atoms with Crippen LogP contribution in [-0.2, 0) is 14.3 Å². The van der Waals surface area contributed by atoms with Crippen molar-refractivity contribution in [2.45, 2.75) is 45.1 Å². The molecule has 0 aromatic rings. The average molecular weight is 256 g/mol. The second-order valence-electron chi connectivity index (χ2n) is 4.74. The van der Waals surface area contributed by atoms with Crippen LogP contribution >= 0.6 is 0 Å². The number of rotatable bonds is 5. The van der Waals surface area contributed by atoms with Crippen molar-refractivity contribution in [3.8, 4) is 0 Å². The zero-order chi connectivity index (χ0) is 13.4. The molecule has 0 aliphatic carbocycles. The molecule has 1 amide bonds. The maximum atomic E-state index is 12.1. The molecular formula is C13H24N2O3. The number of methoxy groups -OCH3 is 1. The molecule has 1 aliphatic rings. The van der Waals surface area contributed by atoms with Crippen molar-refractivity contribution in [3.63, 3.8) is 0 Å². The van der Waals surface area contributed by atoms with Gasteiger partial charge < -0.3 is 15.0 Å². The highest BCUT2D eigenvalue weighted by molar-refractivity contribution is 5.81. The minimum absolute atomic E-state index is 0.141. The second kappa shape index (κ2) is 8.08. The van der Waals surface area contributed by atoms with Crippen LogP contribution in [-0.4, -0.2) is 49.6 Å². The number of nitrogens with one attached hydrogen (secondary N) is 1. The van der Waals surface area contributed by atoms with Crippen molar-refractivity contribution < 1.29 is 14.3 Å². The van der Waals surface area contributed by atoms with E-state index in [1.807, 2.05) is 11.8 Å². The van der Waals surface area contributed by atoms with Crippen LogP contribution in [0.3, 0.4) is 0 Å². The molecule has 18 heavy (non-hydrogen) atoms. The minimum Gasteiger partial charge on any atom is -0.469 e. The molecule has 1 aliphatic heterocycles. The standard InChI is InChI=1S/C13H24N2O3/c1-11(14-8-7-12(16)18-2)13(17)15-9-5-3-4-6-10-15/h11,14H,3-10H2,1-2H3. The van der Waals surface area contributed by atoms with Gasteiger partial charge in [-0.1, -0.05) is 12.8 Å². The smallest absolute Gasteiger partial charge is 0.306 e. The van der Waals surface area contributed by atoms with Crippen molar-refractivity contribution in [2.24, 2.45) is 0 Å². The van der Waals surface area contributed by atoms with Crippen molar-refractivity contribution >= 4 is 11.9 Å². The summed E-state index contributed by atoms with van der Waals surface area (Å²) < 4.78 is 4.55. The summed E-state index contributed by atoms with van der Waals surface area (Å²) in [6, 6.07) is -0.229. The fourth-order valence-corrected chi connectivity index (χ4v) is 2.15. The van der Waals surface area contributed by atoms with Gasteiger partial charge in [0.15, 0.2) is 0 Å². The van der Waals surface area contributed by atoms with Gasteiger partial charge in [-0.2, -0.15) is 0 Å². The van der Waals surface area contributed by atoms with Crippen molar-refractivity contribution in [3.05, 3.63) is 0 Å². The van der Waals surface area contributed by atoms with Crippen LogP contribution in [0.5, 0.6) is 0 Å². The first kappa shape index (κ1) is 15.0. The molecule has 1 atom stereocenters. The molecule has 0 bridgehead atoms. The zero-order valence-electron chi connectivity index (χ0n) is 11.4. The van der Waals surface area contributed by atoms with E-state index in [9.17, 15) is 9.59 Å². The quantitative estimate of drug-likeness (QED) is 0.743. The van der Waals surface area contributed by atoms with E-state index in [1.165, 1.54) is 20.0 Å². The van der Waals surface area contributed by atoms with E-state index in [4.69, 9.17) is 0 Å². The van der Waals surface area contributed by atoms with Gasteiger partial charge in [-0.05, 0) is 19.8 Å². The van der Waals surface area contributed by atoms with Crippen molar-refractivity contribution in [1.82, 2.24) is 10.2 Å². The third-order valence-corrected chi connectivity index (χ3v) is 3.30. The molecule has 5 heteroatoms. The summed E-state index contributed by atoms with van der Waals surface area (Å²) >= 11 is 0. The first-order valence-corrected chi connectivity index (χ1v) is 6.74. The lowest BCUT2D eigenvalue weighted by atomic mass is 10.2. The lowest BCUT2D eigenvalue weighted by molar-refractivity contribution is -0.141. The highest BCUT2D eigenvalue weighted by Crippen LogP contribution is 2.10. The van der Waals surface area contributed by atoms with Gasteiger partial charge in [-0.25, -0.2) is 0 Å². The fraction of sp³-hybridized carbons (Fsp3) is 0.846. The fourth-order valence-electron chi connectivity index (χ4n) is 2.15. The Labute approximate surface area is 109 Å². The zero-order valence-corrected chi connectivity index (χ0v) is 11.4. The van der Waals surface area contributed by atoms with Gasteiger partial charge >= 0.3 is 5.97 Å². The molecule has 1 rings (SSSR count). The van der Waals surface area contributed by atoms with Crippen molar-refractivity contribution in [2.75, 3.05) is 26.7 Å². The Bertz CT molecular complexity index is 273. The Morgan fingerprint density at radius 1 is 1.22 bits per heavy atom. The lowest BCUT2D eigenvalue weighted by Crippen LogP contribution is -2.45. The number of nitrogens with zero attached hydrogens (tertiary/aromatic N) is 1. The van der Waals surface area contributed by atoms with Gasteiger partial charge in [-0.15, -0.1) is 0 Å². The predicted octanol–water partition coefficient (Wildman–Crippen LogP) is 0.930. The molecule has 1 saturated heterocycles. The normalized spacial score (nSPS) is 18.0. The Kier molecular flexibility index (Phi) is 6.72. The molecule has 5 nitrogen and oxygen atoms in total. The molecular weight excluding hydrogens is 232 g/mol. The van der Waals surface area contributed by atoms with Crippen LogP contribution in [0.25, 0.3) is 0 Å². The highest BCUT2D eigenvalue weighted by Gasteiger charge is 2.20. The van der Waals surface area contributed by atoms with Crippen molar-refractivity contribution in [1.29, 1.82) is 0 Å².